The molecule has 6 nitrogen and oxygen atoms in total. The zero-order valence-electron chi connectivity index (χ0n) is 12.7. The molecule has 116 valence electrons. The summed E-state index contributed by atoms with van der Waals surface area (Å²) in [5, 5.41) is 10.6. The number of benzene rings is 2. The molecule has 0 aliphatic rings. The minimum atomic E-state index is -0.414. The first-order valence-corrected chi connectivity index (χ1v) is 7.25. The lowest BCUT2D eigenvalue weighted by atomic mass is 10.2. The number of nitro groups is 1. The first kappa shape index (κ1) is 15.6. The van der Waals surface area contributed by atoms with Crippen molar-refractivity contribution in [2.75, 3.05) is 28.8 Å². The van der Waals surface area contributed by atoms with Crippen LogP contribution in [-0.4, -0.2) is 18.0 Å². The van der Waals surface area contributed by atoms with Crippen LogP contribution in [-0.2, 0) is 0 Å². The Balaban J connectivity index is 1.95. The number of non-ortho nitro benzene ring substituents is 1. The van der Waals surface area contributed by atoms with Gasteiger partial charge in [0.1, 0.15) is 0 Å². The van der Waals surface area contributed by atoms with Gasteiger partial charge in [-0.25, -0.2) is 0 Å². The number of nitro benzene ring substituents is 1. The third-order valence-corrected chi connectivity index (χ3v) is 3.43. The molecule has 22 heavy (non-hydrogen) atoms. The Bertz CT molecular complexity index is 607. The van der Waals surface area contributed by atoms with E-state index in [1.807, 2.05) is 12.1 Å². The monoisotopic (exact) mass is 300 g/mol. The van der Waals surface area contributed by atoms with E-state index in [0.29, 0.717) is 0 Å². The van der Waals surface area contributed by atoms with E-state index >= 15 is 0 Å². The van der Waals surface area contributed by atoms with Crippen LogP contribution in [0.4, 0.5) is 22.7 Å². The number of hydrogen-bond donors (Lipinski definition) is 2. The van der Waals surface area contributed by atoms with Crippen molar-refractivity contribution in [3.05, 3.63) is 58.6 Å². The molecule has 0 aliphatic carbocycles. The van der Waals surface area contributed by atoms with Crippen molar-refractivity contribution in [1.82, 2.24) is 0 Å². The van der Waals surface area contributed by atoms with E-state index in [2.05, 4.69) is 41.7 Å². The van der Waals surface area contributed by atoms with Gasteiger partial charge in [0, 0.05) is 30.9 Å². The average Bonchev–Trinajstić information content (AvgIpc) is 2.55. The molecule has 0 saturated heterocycles. The first-order chi connectivity index (χ1) is 10.6. The fourth-order valence-electron chi connectivity index (χ4n) is 2.16. The Kier molecular flexibility index (Phi) is 5.19. The van der Waals surface area contributed by atoms with Crippen molar-refractivity contribution in [2.24, 2.45) is 0 Å². The Morgan fingerprint density at radius 2 is 1.36 bits per heavy atom. The maximum atomic E-state index is 10.6. The molecular formula is C16H20N4O2. The van der Waals surface area contributed by atoms with Crippen LogP contribution in [0.15, 0.2) is 48.5 Å². The standard InChI is InChI=1S/C16H20N4O2/c1-3-19(4-2)15-9-5-13(6-10-15)17-18-14-7-11-16(12-8-14)20(21)22/h5-12,17-18H,3-4H2,1-2H3. The van der Waals surface area contributed by atoms with Gasteiger partial charge >= 0.3 is 0 Å². The largest absolute Gasteiger partial charge is 0.372 e. The van der Waals surface area contributed by atoms with E-state index in [0.717, 1.165) is 24.5 Å². The van der Waals surface area contributed by atoms with Crippen molar-refractivity contribution < 1.29 is 4.92 Å². The molecule has 2 aromatic rings. The maximum absolute atomic E-state index is 10.6. The van der Waals surface area contributed by atoms with Gasteiger partial charge in [-0.1, -0.05) is 0 Å². The third kappa shape index (κ3) is 3.88. The van der Waals surface area contributed by atoms with Crippen LogP contribution < -0.4 is 15.8 Å². The van der Waals surface area contributed by atoms with E-state index < -0.39 is 4.92 Å². The number of hydrogen-bond acceptors (Lipinski definition) is 5. The number of hydrazine groups is 1. The highest BCUT2D eigenvalue weighted by atomic mass is 16.6. The molecule has 0 unspecified atom stereocenters. The summed E-state index contributed by atoms with van der Waals surface area (Å²) in [6.07, 6.45) is 0. The van der Waals surface area contributed by atoms with E-state index in [1.54, 1.807) is 12.1 Å². The van der Waals surface area contributed by atoms with Gasteiger partial charge in [-0.05, 0) is 50.2 Å². The second-order valence-corrected chi connectivity index (χ2v) is 4.77. The molecule has 0 heterocycles. The number of anilines is 3. The minimum Gasteiger partial charge on any atom is -0.372 e. The van der Waals surface area contributed by atoms with E-state index in [-0.39, 0.29) is 5.69 Å². The van der Waals surface area contributed by atoms with Crippen molar-refractivity contribution in [3.63, 3.8) is 0 Å². The summed E-state index contributed by atoms with van der Waals surface area (Å²) < 4.78 is 0. The highest BCUT2D eigenvalue weighted by Crippen LogP contribution is 2.19. The van der Waals surface area contributed by atoms with Crippen LogP contribution in [0.5, 0.6) is 0 Å². The molecule has 2 rings (SSSR count). The van der Waals surface area contributed by atoms with Gasteiger partial charge in [-0.3, -0.25) is 10.1 Å². The quantitative estimate of drug-likeness (QED) is 0.600. The maximum Gasteiger partial charge on any atom is 0.269 e. The molecule has 0 spiro atoms. The average molecular weight is 300 g/mol. The van der Waals surface area contributed by atoms with Crippen LogP contribution in [0.2, 0.25) is 0 Å². The van der Waals surface area contributed by atoms with Gasteiger partial charge in [-0.2, -0.15) is 0 Å². The number of rotatable bonds is 7. The summed E-state index contributed by atoms with van der Waals surface area (Å²) in [6, 6.07) is 14.4. The van der Waals surface area contributed by atoms with Gasteiger partial charge < -0.3 is 15.8 Å². The summed E-state index contributed by atoms with van der Waals surface area (Å²) in [7, 11) is 0. The molecule has 0 aromatic heterocycles. The van der Waals surface area contributed by atoms with Crippen LogP contribution in [0.1, 0.15) is 13.8 Å². The van der Waals surface area contributed by atoms with Crippen LogP contribution in [0, 0.1) is 10.1 Å². The van der Waals surface area contributed by atoms with Crippen molar-refractivity contribution in [1.29, 1.82) is 0 Å². The summed E-state index contributed by atoms with van der Waals surface area (Å²) in [5.41, 5.74) is 9.04. The SMILES string of the molecule is CCN(CC)c1ccc(NNc2ccc([N+](=O)[O-])cc2)cc1. The Labute approximate surface area is 129 Å². The van der Waals surface area contributed by atoms with Crippen LogP contribution in [0.25, 0.3) is 0 Å². The zero-order valence-corrected chi connectivity index (χ0v) is 12.7. The predicted molar refractivity (Wildman–Crippen MR) is 90.3 cm³/mol. The van der Waals surface area contributed by atoms with Crippen molar-refractivity contribution in [2.45, 2.75) is 13.8 Å². The van der Waals surface area contributed by atoms with Gasteiger partial charge in [0.15, 0.2) is 0 Å². The fraction of sp³-hybridized carbons (Fsp3) is 0.250. The van der Waals surface area contributed by atoms with Crippen LogP contribution in [0.3, 0.4) is 0 Å². The Hall–Kier alpha value is -2.76. The molecule has 0 radical (unpaired) electrons. The number of nitrogens with zero attached hydrogens (tertiary/aromatic N) is 2. The Morgan fingerprint density at radius 3 is 1.77 bits per heavy atom. The minimum absolute atomic E-state index is 0.0779. The molecule has 0 fully saturated rings. The molecule has 0 atom stereocenters. The van der Waals surface area contributed by atoms with Gasteiger partial charge in [0.2, 0.25) is 0 Å². The summed E-state index contributed by atoms with van der Waals surface area (Å²) in [6.45, 7) is 6.21. The lowest BCUT2D eigenvalue weighted by molar-refractivity contribution is -0.384. The molecular weight excluding hydrogens is 280 g/mol. The molecule has 0 saturated carbocycles. The summed E-state index contributed by atoms with van der Waals surface area (Å²) in [4.78, 5) is 12.5. The molecule has 6 heteroatoms. The second kappa shape index (κ2) is 7.31. The summed E-state index contributed by atoms with van der Waals surface area (Å²) >= 11 is 0. The summed E-state index contributed by atoms with van der Waals surface area (Å²) in [5.74, 6) is 0. The lowest BCUT2D eigenvalue weighted by Gasteiger charge is -2.21. The Morgan fingerprint density at radius 1 is 0.909 bits per heavy atom. The highest BCUT2D eigenvalue weighted by Gasteiger charge is 2.04. The predicted octanol–water partition coefficient (Wildman–Crippen LogP) is 3.88. The smallest absolute Gasteiger partial charge is 0.269 e. The zero-order chi connectivity index (χ0) is 15.9. The molecule has 2 aromatic carbocycles. The number of nitrogens with one attached hydrogen (secondary N) is 2. The molecule has 2 N–H and O–H groups in total. The van der Waals surface area contributed by atoms with Gasteiger partial charge in [0.25, 0.3) is 5.69 Å². The normalized spacial score (nSPS) is 10.1. The molecule has 0 amide bonds. The second-order valence-electron chi connectivity index (χ2n) is 4.77. The van der Waals surface area contributed by atoms with E-state index in [9.17, 15) is 10.1 Å². The highest BCUT2D eigenvalue weighted by molar-refractivity contribution is 5.58. The van der Waals surface area contributed by atoms with Crippen molar-refractivity contribution >= 4 is 22.7 Å². The third-order valence-electron chi connectivity index (χ3n) is 3.43. The fourth-order valence-corrected chi connectivity index (χ4v) is 2.16. The first-order valence-electron chi connectivity index (χ1n) is 7.25. The van der Waals surface area contributed by atoms with Crippen molar-refractivity contribution in [3.8, 4) is 0 Å². The molecule has 0 aliphatic heterocycles. The van der Waals surface area contributed by atoms with E-state index in [1.165, 1.54) is 17.8 Å². The lowest BCUT2D eigenvalue weighted by Crippen LogP contribution is -2.21. The van der Waals surface area contributed by atoms with Crippen LogP contribution >= 0.6 is 0 Å². The topological polar surface area (TPSA) is 70.4 Å². The van der Waals surface area contributed by atoms with E-state index in [4.69, 9.17) is 0 Å². The molecule has 0 bridgehead atoms. The van der Waals surface area contributed by atoms with Gasteiger partial charge in [-0.15, -0.1) is 0 Å². The van der Waals surface area contributed by atoms with Gasteiger partial charge in [0.05, 0.1) is 16.3 Å².